The van der Waals surface area contributed by atoms with Crippen molar-refractivity contribution in [3.63, 3.8) is 0 Å². The molecule has 0 radical (unpaired) electrons. The lowest BCUT2D eigenvalue weighted by Crippen LogP contribution is -2.59. The topological polar surface area (TPSA) is 91.8 Å². The summed E-state index contributed by atoms with van der Waals surface area (Å²) in [6.07, 6.45) is 2.43. The molecule has 3 heterocycles. The molecule has 38 heavy (non-hydrogen) atoms. The van der Waals surface area contributed by atoms with Crippen LogP contribution in [0.15, 0.2) is 72.9 Å². The van der Waals surface area contributed by atoms with Crippen molar-refractivity contribution in [2.75, 3.05) is 19.7 Å². The van der Waals surface area contributed by atoms with E-state index in [1.54, 1.807) is 46.3 Å². The Bertz CT molecular complexity index is 1340. The van der Waals surface area contributed by atoms with Crippen molar-refractivity contribution in [2.45, 2.75) is 38.1 Å². The summed E-state index contributed by atoms with van der Waals surface area (Å²) in [6.45, 7) is 2.92. The van der Waals surface area contributed by atoms with Crippen LogP contribution in [0.3, 0.4) is 0 Å². The maximum atomic E-state index is 14.0. The highest BCUT2D eigenvalue weighted by molar-refractivity contribution is 6.33. The van der Waals surface area contributed by atoms with Gasteiger partial charge in [-0.2, -0.15) is 0 Å². The highest BCUT2D eigenvalue weighted by Gasteiger charge is 2.54. The molecule has 9 heteroatoms. The van der Waals surface area contributed by atoms with Crippen molar-refractivity contribution in [1.29, 1.82) is 0 Å². The Kier molecular flexibility index (Phi) is 7.44. The van der Waals surface area contributed by atoms with Crippen molar-refractivity contribution in [3.8, 4) is 0 Å². The number of nitrogens with zero attached hydrogens (tertiary/aromatic N) is 3. The maximum absolute atomic E-state index is 14.0. The molecule has 3 aromatic rings. The van der Waals surface area contributed by atoms with Crippen molar-refractivity contribution in [1.82, 2.24) is 20.1 Å². The Morgan fingerprint density at radius 1 is 0.974 bits per heavy atom. The third-order valence-corrected chi connectivity index (χ3v) is 7.59. The molecule has 1 spiro atoms. The highest BCUT2D eigenvalue weighted by Crippen LogP contribution is 2.39. The largest absolute Gasteiger partial charge is 0.353 e. The van der Waals surface area contributed by atoms with E-state index in [9.17, 15) is 14.4 Å². The molecule has 1 N–H and O–H groups in total. The second-order valence-corrected chi connectivity index (χ2v) is 9.98. The van der Waals surface area contributed by atoms with Crippen LogP contribution in [-0.2, 0) is 16.1 Å². The van der Waals surface area contributed by atoms with Gasteiger partial charge in [-0.1, -0.05) is 48.0 Å². The number of pyridine rings is 1. The standard InChI is InChI=1S/C29H29ClN4O4/c1-20-8-2-3-10-22(20)28(37)34-25(26(35)32-18-21-9-6-7-15-31-21)19-38-29(34)13-16-33(17-14-29)27(36)23-11-4-5-12-24(23)30/h2-12,15,25H,13-14,16-19H2,1H3,(H,32,35). The van der Waals surface area contributed by atoms with E-state index in [0.717, 1.165) is 11.3 Å². The average molecular weight is 533 g/mol. The fourth-order valence-corrected chi connectivity index (χ4v) is 5.39. The first-order valence-electron chi connectivity index (χ1n) is 12.6. The SMILES string of the molecule is Cc1ccccc1C(=O)N1C(C(=O)NCc2ccccn2)COC12CCN(C(=O)c1ccccc1Cl)CC2. The third kappa shape index (κ3) is 5.01. The van der Waals surface area contributed by atoms with Gasteiger partial charge in [0.25, 0.3) is 11.8 Å². The van der Waals surface area contributed by atoms with Gasteiger partial charge in [0, 0.05) is 37.7 Å². The van der Waals surface area contributed by atoms with E-state index >= 15 is 0 Å². The molecule has 2 aromatic carbocycles. The Labute approximate surface area is 226 Å². The number of aromatic nitrogens is 1. The predicted octanol–water partition coefficient (Wildman–Crippen LogP) is 3.83. The lowest BCUT2D eigenvalue weighted by molar-refractivity contribution is -0.128. The Hall–Kier alpha value is -3.75. The first-order chi connectivity index (χ1) is 18.4. The molecule has 1 aromatic heterocycles. The molecule has 0 aliphatic carbocycles. The van der Waals surface area contributed by atoms with Crippen LogP contribution in [0.4, 0.5) is 0 Å². The van der Waals surface area contributed by atoms with Crippen LogP contribution in [0.2, 0.25) is 5.02 Å². The molecule has 2 fully saturated rings. The molecule has 2 aliphatic rings. The van der Waals surface area contributed by atoms with Crippen LogP contribution in [-0.4, -0.2) is 64.0 Å². The van der Waals surface area contributed by atoms with Crippen molar-refractivity contribution in [2.24, 2.45) is 0 Å². The van der Waals surface area contributed by atoms with Crippen LogP contribution < -0.4 is 5.32 Å². The van der Waals surface area contributed by atoms with E-state index in [0.29, 0.717) is 42.1 Å². The highest BCUT2D eigenvalue weighted by atomic mass is 35.5. The Morgan fingerprint density at radius 3 is 2.34 bits per heavy atom. The fourth-order valence-electron chi connectivity index (χ4n) is 5.17. The van der Waals surface area contributed by atoms with Crippen LogP contribution in [0, 0.1) is 6.92 Å². The van der Waals surface area contributed by atoms with Gasteiger partial charge in [0.05, 0.1) is 29.4 Å². The van der Waals surface area contributed by atoms with Gasteiger partial charge in [-0.05, 0) is 42.8 Å². The first-order valence-corrected chi connectivity index (χ1v) is 13.0. The van der Waals surface area contributed by atoms with Gasteiger partial charge in [0.2, 0.25) is 5.91 Å². The quantitative estimate of drug-likeness (QED) is 0.539. The zero-order chi connectivity index (χ0) is 26.7. The number of carbonyl (C=O) groups excluding carboxylic acids is 3. The minimum Gasteiger partial charge on any atom is -0.353 e. The minimum atomic E-state index is -0.996. The molecular formula is C29H29ClN4O4. The van der Waals surface area contributed by atoms with E-state index in [-0.39, 0.29) is 30.9 Å². The molecule has 2 saturated heterocycles. The average Bonchev–Trinajstić information content (AvgIpc) is 3.31. The summed E-state index contributed by atoms with van der Waals surface area (Å²) in [4.78, 5) is 48.1. The van der Waals surface area contributed by atoms with Crippen molar-refractivity contribution < 1.29 is 19.1 Å². The maximum Gasteiger partial charge on any atom is 0.257 e. The normalized spacial score (nSPS) is 18.4. The Morgan fingerprint density at radius 2 is 1.66 bits per heavy atom. The number of halogens is 1. The van der Waals surface area contributed by atoms with Gasteiger partial charge in [-0.3, -0.25) is 24.3 Å². The number of rotatable bonds is 5. The zero-order valence-electron chi connectivity index (χ0n) is 21.1. The van der Waals surface area contributed by atoms with Gasteiger partial charge in [-0.25, -0.2) is 0 Å². The number of piperidine rings is 1. The summed E-state index contributed by atoms with van der Waals surface area (Å²) < 4.78 is 6.28. The summed E-state index contributed by atoms with van der Waals surface area (Å²) in [5.41, 5.74) is 1.51. The van der Waals surface area contributed by atoms with Crippen molar-refractivity contribution in [3.05, 3.63) is 100 Å². The van der Waals surface area contributed by atoms with Gasteiger partial charge in [-0.15, -0.1) is 0 Å². The molecule has 1 atom stereocenters. The van der Waals surface area contributed by atoms with E-state index < -0.39 is 11.8 Å². The summed E-state index contributed by atoms with van der Waals surface area (Å²) in [6, 6.07) is 19.0. The van der Waals surface area contributed by atoms with Crippen LogP contribution in [0.25, 0.3) is 0 Å². The lowest BCUT2D eigenvalue weighted by Gasteiger charge is -2.44. The third-order valence-electron chi connectivity index (χ3n) is 7.26. The van der Waals surface area contributed by atoms with Gasteiger partial charge < -0.3 is 15.0 Å². The Balaban J connectivity index is 1.38. The number of ether oxygens (including phenoxy) is 1. The fraction of sp³-hybridized carbons (Fsp3) is 0.310. The summed E-state index contributed by atoms with van der Waals surface area (Å²) in [7, 11) is 0. The van der Waals surface area contributed by atoms with E-state index in [1.165, 1.54) is 0 Å². The number of nitrogens with one attached hydrogen (secondary N) is 1. The summed E-state index contributed by atoms with van der Waals surface area (Å²) in [5, 5.41) is 3.31. The molecule has 2 aliphatic heterocycles. The molecule has 5 rings (SSSR count). The van der Waals surface area contributed by atoms with E-state index in [4.69, 9.17) is 16.3 Å². The molecule has 8 nitrogen and oxygen atoms in total. The number of aryl methyl sites for hydroxylation is 1. The minimum absolute atomic E-state index is 0.0735. The van der Waals surface area contributed by atoms with Crippen LogP contribution in [0.1, 0.15) is 44.8 Å². The monoisotopic (exact) mass is 532 g/mol. The van der Waals surface area contributed by atoms with Gasteiger partial charge in [0.1, 0.15) is 11.8 Å². The van der Waals surface area contributed by atoms with Crippen LogP contribution in [0.5, 0.6) is 0 Å². The second kappa shape index (κ2) is 10.9. The number of hydrogen-bond acceptors (Lipinski definition) is 5. The number of benzene rings is 2. The number of likely N-dealkylation sites (tertiary alicyclic amines) is 1. The summed E-state index contributed by atoms with van der Waals surface area (Å²) >= 11 is 6.26. The van der Waals surface area contributed by atoms with Crippen molar-refractivity contribution >= 4 is 29.3 Å². The predicted molar refractivity (Wildman–Crippen MR) is 142 cm³/mol. The number of amides is 3. The molecule has 3 amide bonds. The molecule has 1 unspecified atom stereocenters. The number of carbonyl (C=O) groups is 3. The molecule has 196 valence electrons. The molecule has 0 bridgehead atoms. The zero-order valence-corrected chi connectivity index (χ0v) is 21.9. The smallest absolute Gasteiger partial charge is 0.257 e. The summed E-state index contributed by atoms with van der Waals surface area (Å²) in [5.74, 6) is -0.724. The van der Waals surface area contributed by atoms with E-state index in [2.05, 4.69) is 10.3 Å². The van der Waals surface area contributed by atoms with Crippen LogP contribution >= 0.6 is 11.6 Å². The second-order valence-electron chi connectivity index (χ2n) is 9.57. The van der Waals surface area contributed by atoms with E-state index in [1.807, 2.05) is 43.3 Å². The molecule has 0 saturated carbocycles. The number of hydrogen-bond donors (Lipinski definition) is 1. The molecular weight excluding hydrogens is 504 g/mol. The first kappa shape index (κ1) is 25.9. The van der Waals surface area contributed by atoms with Gasteiger partial charge >= 0.3 is 0 Å². The lowest BCUT2D eigenvalue weighted by atomic mass is 9.95. The van der Waals surface area contributed by atoms with Gasteiger partial charge in [0.15, 0.2) is 0 Å².